The van der Waals surface area contributed by atoms with E-state index < -0.39 is 0 Å². The summed E-state index contributed by atoms with van der Waals surface area (Å²) < 4.78 is 31.3. The van der Waals surface area contributed by atoms with Gasteiger partial charge in [-0.3, -0.25) is 10.4 Å². The van der Waals surface area contributed by atoms with Crippen molar-refractivity contribution in [3.05, 3.63) is 87.3 Å². The predicted molar refractivity (Wildman–Crippen MR) is 128 cm³/mol. The van der Waals surface area contributed by atoms with Gasteiger partial charge in [-0.2, -0.15) is 0 Å². The number of anilines is 1. The average Bonchev–Trinajstić information content (AvgIpc) is 3.24. The van der Waals surface area contributed by atoms with Gasteiger partial charge in [0.25, 0.3) is 0 Å². The van der Waals surface area contributed by atoms with Crippen LogP contribution in [-0.4, -0.2) is 21.3 Å². The lowest BCUT2D eigenvalue weighted by Gasteiger charge is -2.28. The van der Waals surface area contributed by atoms with Gasteiger partial charge in [0.05, 0.1) is 38.8 Å². The maximum absolute atomic E-state index is 13.6. The van der Waals surface area contributed by atoms with Gasteiger partial charge >= 0.3 is 0 Å². The number of hydrazine groups is 1. The lowest BCUT2D eigenvalue weighted by atomic mass is 10.0. The van der Waals surface area contributed by atoms with Crippen LogP contribution >= 0.6 is 22.6 Å². The van der Waals surface area contributed by atoms with E-state index in [2.05, 4.69) is 58.4 Å². The Kier molecular flexibility index (Phi) is 6.22. The van der Waals surface area contributed by atoms with E-state index in [1.807, 2.05) is 17.1 Å². The van der Waals surface area contributed by atoms with E-state index in [1.165, 1.54) is 12.1 Å². The van der Waals surface area contributed by atoms with Crippen molar-refractivity contribution in [1.82, 2.24) is 5.43 Å². The van der Waals surface area contributed by atoms with Gasteiger partial charge in [0.15, 0.2) is 11.5 Å². The fourth-order valence-electron chi connectivity index (χ4n) is 3.60. The third kappa shape index (κ3) is 4.27. The average molecular weight is 532 g/mol. The van der Waals surface area contributed by atoms with Crippen molar-refractivity contribution in [2.75, 3.05) is 26.3 Å². The summed E-state index contributed by atoms with van der Waals surface area (Å²) in [7, 11) is 4.77. The first-order valence-corrected chi connectivity index (χ1v) is 10.7. The Morgan fingerprint density at radius 1 is 0.871 bits per heavy atom. The summed E-state index contributed by atoms with van der Waals surface area (Å²) in [5.74, 6) is 1.41. The van der Waals surface area contributed by atoms with Crippen molar-refractivity contribution in [3.63, 3.8) is 0 Å². The molecule has 1 heterocycles. The lowest BCUT2D eigenvalue weighted by Crippen LogP contribution is -2.34. The highest BCUT2D eigenvalue weighted by molar-refractivity contribution is 14.1. The number of methoxy groups -OCH3 is 3. The second kappa shape index (κ2) is 9.05. The third-order valence-corrected chi connectivity index (χ3v) is 5.85. The Hall–Kier alpha value is -2.94. The molecular weight excluding hydrogens is 510 g/mol. The zero-order valence-corrected chi connectivity index (χ0v) is 19.5. The molecule has 1 aliphatic rings. The first-order valence-electron chi connectivity index (χ1n) is 9.63. The molecule has 4 rings (SSSR count). The van der Waals surface area contributed by atoms with Crippen molar-refractivity contribution in [1.29, 1.82) is 0 Å². The summed E-state index contributed by atoms with van der Waals surface area (Å²) in [4.78, 5) is 0. The molecular formula is C24H22FIN2O3. The van der Waals surface area contributed by atoms with Gasteiger partial charge in [0, 0.05) is 3.57 Å². The molecule has 0 bridgehead atoms. The molecule has 0 radical (unpaired) electrons. The predicted octanol–water partition coefficient (Wildman–Crippen LogP) is 5.56. The van der Waals surface area contributed by atoms with Crippen LogP contribution < -0.4 is 24.6 Å². The van der Waals surface area contributed by atoms with Crippen LogP contribution in [0.1, 0.15) is 17.2 Å². The van der Waals surface area contributed by atoms with Crippen molar-refractivity contribution in [3.8, 4) is 17.2 Å². The number of ether oxygens (including phenoxy) is 3. The van der Waals surface area contributed by atoms with Gasteiger partial charge < -0.3 is 14.2 Å². The summed E-state index contributed by atoms with van der Waals surface area (Å²) in [5.41, 5.74) is 7.25. The highest BCUT2D eigenvalue weighted by atomic mass is 127. The molecule has 31 heavy (non-hydrogen) atoms. The van der Waals surface area contributed by atoms with Gasteiger partial charge in [0.1, 0.15) is 5.82 Å². The quantitative estimate of drug-likeness (QED) is 0.421. The fraction of sp³-hybridized carbons (Fsp3) is 0.167. The van der Waals surface area contributed by atoms with E-state index in [-0.39, 0.29) is 11.9 Å². The van der Waals surface area contributed by atoms with E-state index in [1.54, 1.807) is 33.5 Å². The molecule has 3 aromatic rings. The van der Waals surface area contributed by atoms with Crippen molar-refractivity contribution in [2.45, 2.75) is 6.04 Å². The molecule has 0 aliphatic carbocycles. The Morgan fingerprint density at radius 3 is 2.03 bits per heavy atom. The molecule has 0 fully saturated rings. The van der Waals surface area contributed by atoms with E-state index in [4.69, 9.17) is 14.2 Å². The highest BCUT2D eigenvalue weighted by Gasteiger charge is 2.29. The molecule has 5 nitrogen and oxygen atoms in total. The zero-order valence-electron chi connectivity index (χ0n) is 17.4. The minimum Gasteiger partial charge on any atom is -0.493 e. The monoisotopic (exact) mass is 532 g/mol. The standard InChI is InChI=1S/C24H22FIN2O3/c1-29-22-12-16(13-23(30-2)24(22)31-3)21-14-20(15-4-8-18(26)9-5-15)27-28(21)19-10-6-17(25)7-11-19/h4-14,21,27H,1-3H3. The van der Waals surface area contributed by atoms with Crippen molar-refractivity contribution in [2.24, 2.45) is 0 Å². The topological polar surface area (TPSA) is 43.0 Å². The maximum Gasteiger partial charge on any atom is 0.203 e. The fourth-order valence-corrected chi connectivity index (χ4v) is 3.96. The first-order chi connectivity index (χ1) is 15.0. The summed E-state index contributed by atoms with van der Waals surface area (Å²) in [6.45, 7) is 0. The van der Waals surface area contributed by atoms with E-state index in [0.717, 1.165) is 26.1 Å². The summed E-state index contributed by atoms with van der Waals surface area (Å²) in [6, 6.07) is 18.3. The number of nitrogens with zero attached hydrogens (tertiary/aromatic N) is 1. The number of benzene rings is 3. The Morgan fingerprint density at radius 2 is 1.48 bits per heavy atom. The molecule has 7 heteroatoms. The van der Waals surface area contributed by atoms with Gasteiger partial charge in [-0.05, 0) is 88.3 Å². The Balaban J connectivity index is 1.82. The number of halogens is 2. The van der Waals surface area contributed by atoms with Gasteiger partial charge in [-0.25, -0.2) is 4.39 Å². The summed E-state index contributed by atoms with van der Waals surface area (Å²) in [5, 5.41) is 1.99. The number of nitrogens with one attached hydrogen (secondary N) is 1. The number of rotatable bonds is 6. The van der Waals surface area contributed by atoms with Gasteiger partial charge in [-0.15, -0.1) is 0 Å². The van der Waals surface area contributed by atoms with E-state index in [9.17, 15) is 4.39 Å². The van der Waals surface area contributed by atoms with Crippen LogP contribution in [-0.2, 0) is 0 Å². The van der Waals surface area contributed by atoms with E-state index >= 15 is 0 Å². The number of hydrogen-bond donors (Lipinski definition) is 1. The van der Waals surface area contributed by atoms with Crippen LogP contribution in [0.4, 0.5) is 10.1 Å². The van der Waals surface area contributed by atoms with Crippen LogP contribution in [0.15, 0.2) is 66.7 Å². The van der Waals surface area contributed by atoms with Gasteiger partial charge in [0.2, 0.25) is 5.75 Å². The van der Waals surface area contributed by atoms with Crippen LogP contribution in [0.2, 0.25) is 0 Å². The summed E-state index contributed by atoms with van der Waals surface area (Å²) >= 11 is 2.29. The largest absolute Gasteiger partial charge is 0.493 e. The molecule has 1 N–H and O–H groups in total. The van der Waals surface area contributed by atoms with Crippen LogP contribution in [0, 0.1) is 9.39 Å². The van der Waals surface area contributed by atoms with Gasteiger partial charge in [-0.1, -0.05) is 12.1 Å². The molecule has 0 amide bonds. The molecule has 0 saturated heterocycles. The molecule has 1 atom stereocenters. The first kappa shape index (κ1) is 21.3. The maximum atomic E-state index is 13.6. The molecule has 0 spiro atoms. The van der Waals surface area contributed by atoms with Crippen molar-refractivity contribution < 1.29 is 18.6 Å². The van der Waals surface area contributed by atoms with Crippen molar-refractivity contribution >= 4 is 34.0 Å². The molecule has 3 aromatic carbocycles. The van der Waals surface area contributed by atoms with Crippen LogP contribution in [0.3, 0.4) is 0 Å². The molecule has 1 aliphatic heterocycles. The Bertz CT molecular complexity index is 1080. The van der Waals surface area contributed by atoms with E-state index in [0.29, 0.717) is 17.2 Å². The van der Waals surface area contributed by atoms with Crippen LogP contribution in [0.5, 0.6) is 17.2 Å². The molecule has 0 aromatic heterocycles. The third-order valence-electron chi connectivity index (χ3n) is 5.13. The molecule has 160 valence electrons. The highest BCUT2D eigenvalue weighted by Crippen LogP contribution is 2.43. The zero-order chi connectivity index (χ0) is 22.0. The second-order valence-corrected chi connectivity index (χ2v) is 8.19. The minimum absolute atomic E-state index is 0.187. The number of hydrogen-bond acceptors (Lipinski definition) is 5. The summed E-state index contributed by atoms with van der Waals surface area (Å²) in [6.07, 6.45) is 2.13. The molecule has 0 saturated carbocycles. The SMILES string of the molecule is COc1cc(C2C=C(c3ccc(I)cc3)NN2c2ccc(F)cc2)cc(OC)c1OC. The lowest BCUT2D eigenvalue weighted by molar-refractivity contribution is 0.323. The normalized spacial score (nSPS) is 15.3. The Labute approximate surface area is 194 Å². The second-order valence-electron chi connectivity index (χ2n) is 6.95. The molecule has 1 unspecified atom stereocenters. The smallest absolute Gasteiger partial charge is 0.203 e. The minimum atomic E-state index is -0.280. The van der Waals surface area contributed by atoms with Crippen LogP contribution in [0.25, 0.3) is 5.70 Å².